The first-order valence-electron chi connectivity index (χ1n) is 8.15. The number of rotatable bonds is 4. The Labute approximate surface area is 132 Å². The van der Waals surface area contributed by atoms with Gasteiger partial charge in [0.15, 0.2) is 0 Å². The van der Waals surface area contributed by atoms with Gasteiger partial charge in [-0.15, -0.1) is 0 Å². The number of aryl methyl sites for hydroxylation is 1. The van der Waals surface area contributed by atoms with E-state index in [1.165, 1.54) is 36.5 Å². The van der Waals surface area contributed by atoms with Crippen LogP contribution in [0.3, 0.4) is 0 Å². The molecule has 0 radical (unpaired) electrons. The normalized spacial score (nSPS) is 26.9. The van der Waals surface area contributed by atoms with E-state index in [-0.39, 0.29) is 5.60 Å². The Hall–Kier alpha value is -0.520. The van der Waals surface area contributed by atoms with Crippen LogP contribution in [-0.2, 0) is 11.8 Å². The number of hydrogen-bond acceptors (Lipinski definition) is 4. The van der Waals surface area contributed by atoms with Crippen LogP contribution in [0.5, 0.6) is 0 Å². The van der Waals surface area contributed by atoms with Crippen LogP contribution in [0.4, 0.5) is 0 Å². The largest absolute Gasteiger partial charge is 0.375 e. The zero-order chi connectivity index (χ0) is 14.7. The topological polar surface area (TPSA) is 39.1 Å². The molecule has 2 unspecified atom stereocenters. The molecule has 2 aliphatic heterocycles. The molecule has 0 aromatic carbocycles. The standard InChI is InChI=1S/C16H27N3OS/c1-3-18-15(14-11-17-12-19(14)2)13-4-7-20-16(10-13)5-8-21-9-6-16/h11-13,15,18H,3-10H2,1-2H3. The second-order valence-corrected chi connectivity index (χ2v) is 7.59. The first-order chi connectivity index (χ1) is 10.2. The number of hydrogen-bond donors (Lipinski definition) is 1. The van der Waals surface area contributed by atoms with Gasteiger partial charge in [0.25, 0.3) is 0 Å². The molecule has 2 saturated heterocycles. The van der Waals surface area contributed by atoms with E-state index < -0.39 is 0 Å². The van der Waals surface area contributed by atoms with Gasteiger partial charge >= 0.3 is 0 Å². The van der Waals surface area contributed by atoms with Gasteiger partial charge in [-0.1, -0.05) is 6.92 Å². The average Bonchev–Trinajstić information content (AvgIpc) is 2.91. The third-order valence-corrected chi connectivity index (χ3v) is 5.99. The molecular weight excluding hydrogens is 282 g/mol. The molecule has 5 heteroatoms. The van der Waals surface area contributed by atoms with E-state index in [1.807, 2.05) is 12.5 Å². The van der Waals surface area contributed by atoms with E-state index in [2.05, 4.69) is 40.6 Å². The van der Waals surface area contributed by atoms with Crippen molar-refractivity contribution in [2.24, 2.45) is 13.0 Å². The van der Waals surface area contributed by atoms with Crippen LogP contribution < -0.4 is 5.32 Å². The Bertz CT molecular complexity index is 451. The monoisotopic (exact) mass is 309 g/mol. The quantitative estimate of drug-likeness (QED) is 0.928. The number of ether oxygens (including phenoxy) is 1. The SMILES string of the molecule is CCNC(c1cncn1C)C1CCOC2(CCSCC2)C1. The summed E-state index contributed by atoms with van der Waals surface area (Å²) >= 11 is 2.07. The summed E-state index contributed by atoms with van der Waals surface area (Å²) < 4.78 is 8.41. The zero-order valence-corrected chi connectivity index (χ0v) is 14.0. The highest BCUT2D eigenvalue weighted by Gasteiger charge is 2.41. The molecule has 1 aromatic rings. The second-order valence-electron chi connectivity index (χ2n) is 6.36. The second kappa shape index (κ2) is 6.71. The lowest BCUT2D eigenvalue weighted by Gasteiger charge is -2.45. The molecule has 2 aliphatic rings. The maximum absolute atomic E-state index is 6.25. The van der Waals surface area contributed by atoms with Gasteiger partial charge < -0.3 is 14.6 Å². The van der Waals surface area contributed by atoms with Crippen LogP contribution in [0, 0.1) is 5.92 Å². The van der Waals surface area contributed by atoms with Crippen molar-refractivity contribution >= 4 is 11.8 Å². The fourth-order valence-electron chi connectivity index (χ4n) is 3.84. The highest BCUT2D eigenvalue weighted by molar-refractivity contribution is 7.99. The lowest BCUT2D eigenvalue weighted by atomic mass is 9.78. The summed E-state index contributed by atoms with van der Waals surface area (Å²) in [6, 6.07) is 0.401. The van der Waals surface area contributed by atoms with Crippen LogP contribution in [0.1, 0.15) is 44.3 Å². The molecule has 21 heavy (non-hydrogen) atoms. The Kier molecular flexibility index (Phi) is 4.92. The minimum atomic E-state index is 0.153. The number of aromatic nitrogens is 2. The van der Waals surface area contributed by atoms with Gasteiger partial charge in [0, 0.05) is 19.9 Å². The van der Waals surface area contributed by atoms with Crippen molar-refractivity contribution in [2.45, 2.75) is 44.2 Å². The minimum absolute atomic E-state index is 0.153. The van der Waals surface area contributed by atoms with Gasteiger partial charge in [0.2, 0.25) is 0 Å². The summed E-state index contributed by atoms with van der Waals surface area (Å²) in [5.74, 6) is 3.16. The highest BCUT2D eigenvalue weighted by atomic mass is 32.2. The molecule has 3 heterocycles. The molecule has 0 amide bonds. The molecule has 1 aromatic heterocycles. The molecule has 1 N–H and O–H groups in total. The molecule has 3 rings (SSSR count). The predicted molar refractivity (Wildman–Crippen MR) is 87.6 cm³/mol. The fraction of sp³-hybridized carbons (Fsp3) is 0.812. The molecule has 0 aliphatic carbocycles. The van der Waals surface area contributed by atoms with Crippen molar-refractivity contribution in [3.8, 4) is 0 Å². The van der Waals surface area contributed by atoms with Gasteiger partial charge in [-0.3, -0.25) is 0 Å². The lowest BCUT2D eigenvalue weighted by molar-refractivity contribution is -0.107. The van der Waals surface area contributed by atoms with Crippen LogP contribution in [0.25, 0.3) is 0 Å². The van der Waals surface area contributed by atoms with Crippen LogP contribution >= 0.6 is 11.8 Å². The van der Waals surface area contributed by atoms with Crippen molar-refractivity contribution in [2.75, 3.05) is 24.7 Å². The Balaban J connectivity index is 1.77. The number of nitrogens with zero attached hydrogens (tertiary/aromatic N) is 2. The van der Waals surface area contributed by atoms with Crippen LogP contribution in [-0.4, -0.2) is 39.8 Å². The van der Waals surface area contributed by atoms with E-state index in [9.17, 15) is 0 Å². The maximum Gasteiger partial charge on any atom is 0.0946 e. The summed E-state index contributed by atoms with van der Waals surface area (Å²) in [6.45, 7) is 4.10. The third kappa shape index (κ3) is 3.30. The number of imidazole rings is 1. The van der Waals surface area contributed by atoms with Crippen molar-refractivity contribution in [1.29, 1.82) is 0 Å². The molecule has 0 saturated carbocycles. The lowest BCUT2D eigenvalue weighted by Crippen LogP contribution is -2.46. The smallest absolute Gasteiger partial charge is 0.0946 e. The van der Waals surface area contributed by atoms with E-state index >= 15 is 0 Å². The van der Waals surface area contributed by atoms with Crippen LogP contribution in [0.2, 0.25) is 0 Å². The van der Waals surface area contributed by atoms with Crippen molar-refractivity contribution in [1.82, 2.24) is 14.9 Å². The van der Waals surface area contributed by atoms with Gasteiger partial charge in [0.05, 0.1) is 23.7 Å². The Morgan fingerprint density at radius 2 is 2.33 bits per heavy atom. The Morgan fingerprint density at radius 3 is 3.00 bits per heavy atom. The number of thioether (sulfide) groups is 1. The van der Waals surface area contributed by atoms with Gasteiger partial charge in [-0.05, 0) is 49.7 Å². The molecule has 1 spiro atoms. The first kappa shape index (κ1) is 15.4. The highest BCUT2D eigenvalue weighted by Crippen LogP contribution is 2.43. The van der Waals surface area contributed by atoms with Gasteiger partial charge in [-0.25, -0.2) is 4.98 Å². The van der Waals surface area contributed by atoms with Crippen molar-refractivity contribution in [3.63, 3.8) is 0 Å². The minimum Gasteiger partial charge on any atom is -0.375 e. The summed E-state index contributed by atoms with van der Waals surface area (Å²) in [7, 11) is 2.10. The molecule has 2 fully saturated rings. The first-order valence-corrected chi connectivity index (χ1v) is 9.31. The summed E-state index contributed by atoms with van der Waals surface area (Å²) in [5.41, 5.74) is 1.46. The zero-order valence-electron chi connectivity index (χ0n) is 13.2. The molecule has 2 atom stereocenters. The summed E-state index contributed by atoms with van der Waals surface area (Å²) in [5, 5.41) is 3.70. The van der Waals surface area contributed by atoms with Gasteiger partial charge in [0.1, 0.15) is 0 Å². The third-order valence-electron chi connectivity index (χ3n) is 5.00. The summed E-state index contributed by atoms with van der Waals surface area (Å²) in [4.78, 5) is 4.31. The fourth-order valence-corrected chi connectivity index (χ4v) is 5.08. The van der Waals surface area contributed by atoms with Crippen molar-refractivity contribution in [3.05, 3.63) is 18.2 Å². The number of nitrogens with one attached hydrogen (secondary N) is 1. The predicted octanol–water partition coefficient (Wildman–Crippen LogP) is 2.76. The van der Waals surface area contributed by atoms with E-state index in [0.29, 0.717) is 12.0 Å². The molecule has 4 nitrogen and oxygen atoms in total. The van der Waals surface area contributed by atoms with Gasteiger partial charge in [-0.2, -0.15) is 11.8 Å². The van der Waals surface area contributed by atoms with Crippen LogP contribution in [0.15, 0.2) is 12.5 Å². The van der Waals surface area contributed by atoms with E-state index in [1.54, 1.807) is 0 Å². The molecule has 0 bridgehead atoms. The summed E-state index contributed by atoms with van der Waals surface area (Å²) in [6.07, 6.45) is 8.71. The average molecular weight is 309 g/mol. The maximum atomic E-state index is 6.25. The Morgan fingerprint density at radius 1 is 1.52 bits per heavy atom. The van der Waals surface area contributed by atoms with E-state index in [4.69, 9.17) is 4.74 Å². The molecular formula is C16H27N3OS. The van der Waals surface area contributed by atoms with E-state index in [0.717, 1.165) is 19.6 Å². The molecule has 118 valence electrons. The van der Waals surface area contributed by atoms with Crippen molar-refractivity contribution < 1.29 is 4.74 Å².